The number of benzene rings is 3. The predicted molar refractivity (Wildman–Crippen MR) is 137 cm³/mol. The standard InChI is InChI=1S/C30H29N3O/c34-27(19-20-14-15-21-8-4-5-12-24(21)18-20)32-30-28(23-10-2-1-3-11-23)33-29-25-13-7-6-9-22(25)16-17-26(29)31-30/h4-9,12-15,18,23H,1-3,10-11,16-17,19H2,(H,31,32,34). The third-order valence-corrected chi connectivity index (χ3v) is 7.33. The molecule has 0 aliphatic heterocycles. The normalized spacial score (nSPS) is 15.5. The van der Waals surface area contributed by atoms with Crippen molar-refractivity contribution in [1.82, 2.24) is 9.97 Å². The molecule has 1 fully saturated rings. The molecule has 0 spiro atoms. The fraction of sp³-hybridized carbons (Fsp3) is 0.300. The number of rotatable bonds is 4. The fourth-order valence-corrected chi connectivity index (χ4v) is 5.56. The first-order valence-electron chi connectivity index (χ1n) is 12.5. The van der Waals surface area contributed by atoms with Crippen LogP contribution >= 0.6 is 0 Å². The zero-order valence-electron chi connectivity index (χ0n) is 19.4. The van der Waals surface area contributed by atoms with Crippen LogP contribution in [0.4, 0.5) is 5.82 Å². The summed E-state index contributed by atoms with van der Waals surface area (Å²) in [6.07, 6.45) is 8.08. The van der Waals surface area contributed by atoms with E-state index in [1.54, 1.807) is 0 Å². The van der Waals surface area contributed by atoms with Crippen LogP contribution in [-0.4, -0.2) is 15.9 Å². The van der Waals surface area contributed by atoms with Gasteiger partial charge in [0.25, 0.3) is 0 Å². The van der Waals surface area contributed by atoms with Crippen molar-refractivity contribution in [3.05, 3.63) is 89.2 Å². The topological polar surface area (TPSA) is 54.9 Å². The first kappa shape index (κ1) is 21.0. The van der Waals surface area contributed by atoms with Gasteiger partial charge in [-0.15, -0.1) is 0 Å². The van der Waals surface area contributed by atoms with E-state index in [0.717, 1.165) is 53.7 Å². The molecule has 1 heterocycles. The molecule has 0 atom stereocenters. The molecule has 1 N–H and O–H groups in total. The molecular formula is C30H29N3O. The van der Waals surface area contributed by atoms with E-state index < -0.39 is 0 Å². The van der Waals surface area contributed by atoms with Gasteiger partial charge >= 0.3 is 0 Å². The van der Waals surface area contributed by atoms with E-state index in [9.17, 15) is 4.79 Å². The van der Waals surface area contributed by atoms with Gasteiger partial charge in [0.2, 0.25) is 5.91 Å². The Hall–Kier alpha value is -3.53. The zero-order valence-corrected chi connectivity index (χ0v) is 19.4. The van der Waals surface area contributed by atoms with Crippen molar-refractivity contribution >= 4 is 22.5 Å². The Bertz CT molecular complexity index is 1370. The van der Waals surface area contributed by atoms with Crippen molar-refractivity contribution in [2.45, 2.75) is 57.3 Å². The van der Waals surface area contributed by atoms with E-state index in [4.69, 9.17) is 9.97 Å². The lowest BCUT2D eigenvalue weighted by Crippen LogP contribution is -2.21. The number of hydrogen-bond acceptors (Lipinski definition) is 3. The van der Waals surface area contributed by atoms with Crippen LogP contribution in [0.5, 0.6) is 0 Å². The highest BCUT2D eigenvalue weighted by atomic mass is 16.1. The molecule has 34 heavy (non-hydrogen) atoms. The maximum atomic E-state index is 13.1. The Balaban J connectivity index is 1.32. The van der Waals surface area contributed by atoms with Crippen LogP contribution in [0.15, 0.2) is 66.7 Å². The molecule has 0 bridgehead atoms. The number of aryl methyl sites for hydroxylation is 2. The molecule has 170 valence electrons. The monoisotopic (exact) mass is 447 g/mol. The van der Waals surface area contributed by atoms with Crippen LogP contribution < -0.4 is 5.32 Å². The highest BCUT2D eigenvalue weighted by Crippen LogP contribution is 2.39. The fourth-order valence-electron chi connectivity index (χ4n) is 5.56. The molecule has 3 aromatic carbocycles. The second kappa shape index (κ2) is 9.02. The predicted octanol–water partition coefficient (Wildman–Crippen LogP) is 6.62. The summed E-state index contributed by atoms with van der Waals surface area (Å²) in [6.45, 7) is 0. The number of hydrogen-bond donors (Lipinski definition) is 1. The van der Waals surface area contributed by atoms with Gasteiger partial charge in [-0.05, 0) is 47.6 Å². The van der Waals surface area contributed by atoms with Gasteiger partial charge in [-0.25, -0.2) is 9.97 Å². The van der Waals surface area contributed by atoms with Crippen LogP contribution in [0.3, 0.4) is 0 Å². The zero-order chi connectivity index (χ0) is 22.9. The summed E-state index contributed by atoms with van der Waals surface area (Å²) in [5, 5.41) is 5.51. The number of aromatic nitrogens is 2. The largest absolute Gasteiger partial charge is 0.309 e. The van der Waals surface area contributed by atoms with E-state index in [2.05, 4.69) is 53.8 Å². The lowest BCUT2D eigenvalue weighted by atomic mass is 9.85. The van der Waals surface area contributed by atoms with Gasteiger partial charge in [-0.1, -0.05) is 86.0 Å². The van der Waals surface area contributed by atoms with Gasteiger partial charge in [0.1, 0.15) is 0 Å². The summed E-state index contributed by atoms with van der Waals surface area (Å²) in [4.78, 5) is 23.4. The number of anilines is 1. The van der Waals surface area contributed by atoms with Crippen LogP contribution in [0, 0.1) is 0 Å². The lowest BCUT2D eigenvalue weighted by Gasteiger charge is -2.26. The molecule has 0 unspecified atom stereocenters. The Kier molecular flexibility index (Phi) is 5.58. The van der Waals surface area contributed by atoms with Crippen molar-refractivity contribution in [2.75, 3.05) is 5.32 Å². The van der Waals surface area contributed by atoms with Crippen molar-refractivity contribution in [2.24, 2.45) is 0 Å². The van der Waals surface area contributed by atoms with Crippen LogP contribution in [0.1, 0.15) is 60.5 Å². The maximum Gasteiger partial charge on any atom is 0.229 e. The van der Waals surface area contributed by atoms with Gasteiger partial charge in [-0.3, -0.25) is 4.79 Å². The Morgan fingerprint density at radius 2 is 1.65 bits per heavy atom. The number of amides is 1. The minimum Gasteiger partial charge on any atom is -0.309 e. The third kappa shape index (κ3) is 4.09. The number of carbonyl (C=O) groups excluding carboxylic acids is 1. The Morgan fingerprint density at radius 3 is 2.53 bits per heavy atom. The van der Waals surface area contributed by atoms with Crippen molar-refractivity contribution in [3.63, 3.8) is 0 Å². The van der Waals surface area contributed by atoms with E-state index in [1.807, 2.05) is 18.2 Å². The highest BCUT2D eigenvalue weighted by Gasteiger charge is 2.27. The van der Waals surface area contributed by atoms with Crippen LogP contribution in [0.25, 0.3) is 22.0 Å². The molecule has 1 amide bonds. The third-order valence-electron chi connectivity index (χ3n) is 7.33. The molecule has 4 nitrogen and oxygen atoms in total. The van der Waals surface area contributed by atoms with Crippen LogP contribution in [-0.2, 0) is 24.1 Å². The first-order valence-corrected chi connectivity index (χ1v) is 12.5. The van der Waals surface area contributed by atoms with E-state index in [0.29, 0.717) is 18.2 Å². The second-order valence-corrected chi connectivity index (χ2v) is 9.65. The summed E-state index contributed by atoms with van der Waals surface area (Å²) in [5.41, 5.74) is 6.53. The first-order chi connectivity index (χ1) is 16.7. The van der Waals surface area contributed by atoms with Gasteiger partial charge < -0.3 is 5.32 Å². The Labute approximate surface area is 200 Å². The molecule has 2 aliphatic rings. The maximum absolute atomic E-state index is 13.1. The number of nitrogens with one attached hydrogen (secondary N) is 1. The van der Waals surface area contributed by atoms with Crippen molar-refractivity contribution in [1.29, 1.82) is 0 Å². The number of fused-ring (bicyclic) bond motifs is 4. The molecule has 0 radical (unpaired) electrons. The highest BCUT2D eigenvalue weighted by molar-refractivity contribution is 5.93. The number of nitrogens with zero attached hydrogens (tertiary/aromatic N) is 2. The van der Waals surface area contributed by atoms with Crippen LogP contribution in [0.2, 0.25) is 0 Å². The molecule has 4 aromatic rings. The Morgan fingerprint density at radius 1 is 0.853 bits per heavy atom. The number of carbonyl (C=O) groups is 1. The molecule has 1 aromatic heterocycles. The second-order valence-electron chi connectivity index (χ2n) is 9.65. The quantitative estimate of drug-likeness (QED) is 0.382. The SMILES string of the molecule is O=C(Cc1ccc2ccccc2c1)Nc1nc2c(nc1C1CCCCC1)-c1ccccc1CC2. The van der Waals surface area contributed by atoms with Gasteiger partial charge in [0, 0.05) is 11.5 Å². The average Bonchev–Trinajstić information content (AvgIpc) is 2.88. The minimum atomic E-state index is -0.0298. The molecule has 6 rings (SSSR count). The van der Waals surface area contributed by atoms with E-state index in [-0.39, 0.29) is 5.91 Å². The molecular weight excluding hydrogens is 418 g/mol. The summed E-state index contributed by atoms with van der Waals surface area (Å²) in [7, 11) is 0. The van der Waals surface area contributed by atoms with Gasteiger partial charge in [0.05, 0.1) is 23.5 Å². The smallest absolute Gasteiger partial charge is 0.229 e. The molecule has 0 saturated heterocycles. The summed E-state index contributed by atoms with van der Waals surface area (Å²) in [6, 6.07) is 23.0. The van der Waals surface area contributed by atoms with Crippen molar-refractivity contribution in [3.8, 4) is 11.3 Å². The lowest BCUT2D eigenvalue weighted by molar-refractivity contribution is -0.115. The molecule has 2 aliphatic carbocycles. The van der Waals surface area contributed by atoms with Gasteiger partial charge in [-0.2, -0.15) is 0 Å². The summed E-state index contributed by atoms with van der Waals surface area (Å²) in [5.74, 6) is 1.00. The minimum absolute atomic E-state index is 0.0298. The summed E-state index contributed by atoms with van der Waals surface area (Å²) < 4.78 is 0. The molecule has 4 heteroatoms. The van der Waals surface area contributed by atoms with Crippen molar-refractivity contribution < 1.29 is 4.79 Å². The summed E-state index contributed by atoms with van der Waals surface area (Å²) >= 11 is 0. The van der Waals surface area contributed by atoms with E-state index >= 15 is 0 Å². The molecule has 1 saturated carbocycles. The van der Waals surface area contributed by atoms with E-state index in [1.165, 1.54) is 35.8 Å². The van der Waals surface area contributed by atoms with Gasteiger partial charge in [0.15, 0.2) is 5.82 Å². The average molecular weight is 448 g/mol.